The van der Waals surface area contributed by atoms with E-state index < -0.39 is 38.5 Å². The van der Waals surface area contributed by atoms with Crippen molar-refractivity contribution < 1.29 is 26.0 Å². The molecule has 0 aliphatic heterocycles. The van der Waals surface area contributed by atoms with E-state index in [0.717, 1.165) is 0 Å². The lowest BCUT2D eigenvalue weighted by Crippen LogP contribution is -2.40. The van der Waals surface area contributed by atoms with Crippen molar-refractivity contribution in [3.05, 3.63) is 96.3 Å². The topological polar surface area (TPSA) is 80.8 Å². The highest BCUT2D eigenvalue weighted by Gasteiger charge is 2.39. The molecular weight excluding hydrogens is 429 g/mol. The first-order chi connectivity index (χ1) is 14.3. The maximum Gasteiger partial charge on any atom is 0.256 e. The van der Waals surface area contributed by atoms with E-state index in [1.54, 1.807) is 18.2 Å². The zero-order valence-corrected chi connectivity index (χ0v) is 17.7. The van der Waals surface area contributed by atoms with Crippen molar-refractivity contribution >= 4 is 20.0 Å². The largest absolute Gasteiger partial charge is 0.375 e. The Morgan fingerprint density at radius 2 is 1.20 bits per heavy atom. The lowest BCUT2D eigenvalue weighted by atomic mass is 10.1. The van der Waals surface area contributed by atoms with Crippen LogP contribution in [0.15, 0.2) is 94.7 Å². The van der Waals surface area contributed by atoms with E-state index >= 15 is 0 Å². The minimum atomic E-state index is -4.49. The molecule has 6 nitrogen and oxygen atoms in total. The Hall–Kier alpha value is -2.59. The Balaban J connectivity index is 2.14. The summed E-state index contributed by atoms with van der Waals surface area (Å²) in [5, 5.41) is 0. The van der Waals surface area contributed by atoms with Gasteiger partial charge in [-0.15, -0.1) is 0 Å². The van der Waals surface area contributed by atoms with E-state index in [-0.39, 0.29) is 15.4 Å². The van der Waals surface area contributed by atoms with E-state index in [4.69, 9.17) is 4.74 Å². The third kappa shape index (κ3) is 4.44. The van der Waals surface area contributed by atoms with Crippen molar-refractivity contribution in [3.63, 3.8) is 0 Å². The highest BCUT2D eigenvalue weighted by atomic mass is 32.3. The first kappa shape index (κ1) is 22.1. The van der Waals surface area contributed by atoms with Gasteiger partial charge >= 0.3 is 0 Å². The molecular formula is C21H20FNO5S2. The minimum absolute atomic E-state index is 0.0523. The summed E-state index contributed by atoms with van der Waals surface area (Å²) in [5.41, 5.74) is 0.0523. The van der Waals surface area contributed by atoms with Crippen LogP contribution >= 0.6 is 0 Å². The standard InChI is InChI=1S/C21H20FNO5S2/c1-28-21(19-14-8-9-15-20(19)22)16-23(29(24,25)17-10-4-2-5-11-17)30(26,27)18-12-6-3-7-13-18/h2-15,21H,16H2,1H3. The maximum atomic E-state index is 14.3. The molecule has 0 saturated carbocycles. The zero-order valence-electron chi connectivity index (χ0n) is 16.1. The summed E-state index contributed by atoms with van der Waals surface area (Å²) in [6.07, 6.45) is -1.15. The van der Waals surface area contributed by atoms with Gasteiger partial charge in [-0.25, -0.2) is 21.2 Å². The van der Waals surface area contributed by atoms with Crippen LogP contribution in [-0.4, -0.2) is 34.2 Å². The molecule has 3 rings (SSSR count). The van der Waals surface area contributed by atoms with E-state index in [1.165, 1.54) is 73.8 Å². The summed E-state index contributed by atoms with van der Waals surface area (Å²) in [6.45, 7) is -0.633. The minimum Gasteiger partial charge on any atom is -0.375 e. The fourth-order valence-electron chi connectivity index (χ4n) is 2.92. The van der Waals surface area contributed by atoms with Crippen LogP contribution in [0.2, 0.25) is 0 Å². The number of benzene rings is 3. The van der Waals surface area contributed by atoms with Crippen LogP contribution in [0, 0.1) is 5.82 Å². The van der Waals surface area contributed by atoms with Crippen LogP contribution in [0.25, 0.3) is 0 Å². The highest BCUT2D eigenvalue weighted by molar-refractivity contribution is 8.04. The molecule has 0 heterocycles. The molecule has 30 heavy (non-hydrogen) atoms. The van der Waals surface area contributed by atoms with E-state index in [1.807, 2.05) is 0 Å². The molecule has 0 spiro atoms. The van der Waals surface area contributed by atoms with Gasteiger partial charge in [0.1, 0.15) is 5.82 Å². The molecule has 0 saturated heterocycles. The Morgan fingerprint density at radius 1 is 0.767 bits per heavy atom. The monoisotopic (exact) mass is 449 g/mol. The molecule has 0 amide bonds. The number of methoxy groups -OCH3 is 1. The second-order valence-electron chi connectivity index (χ2n) is 6.34. The summed E-state index contributed by atoms with van der Waals surface area (Å²) in [7, 11) is -7.72. The lowest BCUT2D eigenvalue weighted by Gasteiger charge is -2.26. The number of hydrogen-bond donors (Lipinski definition) is 0. The molecule has 3 aromatic carbocycles. The Labute approximate surface area is 175 Å². The van der Waals surface area contributed by atoms with Gasteiger partial charge < -0.3 is 4.74 Å². The first-order valence-corrected chi connectivity index (χ1v) is 11.8. The van der Waals surface area contributed by atoms with Gasteiger partial charge in [-0.1, -0.05) is 58.3 Å². The molecule has 1 atom stereocenters. The van der Waals surface area contributed by atoms with E-state index in [9.17, 15) is 21.2 Å². The second-order valence-corrected chi connectivity index (χ2v) is 10.3. The molecule has 0 aliphatic rings. The predicted molar refractivity (Wildman–Crippen MR) is 110 cm³/mol. The second kappa shape index (κ2) is 9.05. The number of sulfonamides is 2. The molecule has 0 radical (unpaired) electrons. The van der Waals surface area contributed by atoms with Gasteiger partial charge in [-0.3, -0.25) is 0 Å². The molecule has 158 valence electrons. The van der Waals surface area contributed by atoms with Gasteiger partial charge in [0.2, 0.25) is 0 Å². The van der Waals surface area contributed by atoms with Gasteiger partial charge in [0.05, 0.1) is 22.4 Å². The van der Waals surface area contributed by atoms with Crippen LogP contribution in [0.4, 0.5) is 4.39 Å². The van der Waals surface area contributed by atoms with E-state index in [0.29, 0.717) is 3.71 Å². The van der Waals surface area contributed by atoms with Crippen LogP contribution in [-0.2, 0) is 24.8 Å². The molecule has 9 heteroatoms. The Morgan fingerprint density at radius 3 is 1.63 bits per heavy atom. The molecule has 0 bridgehead atoms. The summed E-state index contributed by atoms with van der Waals surface area (Å²) in [4.78, 5) is -0.402. The Kier molecular flexibility index (Phi) is 6.67. The van der Waals surface area contributed by atoms with Crippen molar-refractivity contribution in [3.8, 4) is 0 Å². The van der Waals surface area contributed by atoms with Crippen molar-refractivity contribution in [2.24, 2.45) is 0 Å². The van der Waals surface area contributed by atoms with Crippen molar-refractivity contribution in [1.29, 1.82) is 0 Å². The zero-order chi connectivity index (χ0) is 21.8. The molecule has 0 N–H and O–H groups in total. The van der Waals surface area contributed by atoms with Gasteiger partial charge in [0.25, 0.3) is 20.0 Å². The van der Waals surface area contributed by atoms with Gasteiger partial charge in [-0.2, -0.15) is 0 Å². The summed E-state index contributed by atoms with van der Waals surface area (Å²) >= 11 is 0. The van der Waals surface area contributed by atoms with Crippen molar-refractivity contribution in [1.82, 2.24) is 3.71 Å². The van der Waals surface area contributed by atoms with Gasteiger partial charge in [0.15, 0.2) is 0 Å². The van der Waals surface area contributed by atoms with Crippen molar-refractivity contribution in [2.45, 2.75) is 15.9 Å². The number of ether oxygens (including phenoxy) is 1. The number of hydrogen-bond acceptors (Lipinski definition) is 5. The van der Waals surface area contributed by atoms with Gasteiger partial charge in [-0.05, 0) is 30.3 Å². The molecule has 0 fully saturated rings. The first-order valence-electron chi connectivity index (χ1n) is 8.93. The van der Waals surface area contributed by atoms with Crippen LogP contribution in [0.3, 0.4) is 0 Å². The van der Waals surface area contributed by atoms with Gasteiger partial charge in [0, 0.05) is 12.7 Å². The van der Waals surface area contributed by atoms with Crippen LogP contribution < -0.4 is 0 Å². The third-order valence-electron chi connectivity index (χ3n) is 4.47. The van der Waals surface area contributed by atoms with Crippen LogP contribution in [0.1, 0.15) is 11.7 Å². The maximum absolute atomic E-state index is 14.3. The summed E-state index contributed by atoms with van der Waals surface area (Å²) in [6, 6.07) is 20.1. The quantitative estimate of drug-likeness (QED) is 0.525. The third-order valence-corrected chi connectivity index (χ3v) is 8.75. The lowest BCUT2D eigenvalue weighted by molar-refractivity contribution is 0.0931. The number of rotatable bonds is 8. The normalized spacial score (nSPS) is 13.3. The van der Waals surface area contributed by atoms with Crippen molar-refractivity contribution in [2.75, 3.05) is 13.7 Å². The molecule has 1 unspecified atom stereocenters. The SMILES string of the molecule is COC(CN(S(=O)(=O)c1ccccc1)S(=O)(=O)c1ccccc1)c1ccccc1F. The fraction of sp³-hybridized carbons (Fsp3) is 0.143. The fourth-order valence-corrected chi connectivity index (χ4v) is 6.60. The highest BCUT2D eigenvalue weighted by Crippen LogP contribution is 2.29. The molecule has 0 aromatic heterocycles. The van der Waals surface area contributed by atoms with Crippen LogP contribution in [0.5, 0.6) is 0 Å². The smallest absolute Gasteiger partial charge is 0.256 e. The molecule has 0 aliphatic carbocycles. The Bertz CT molecular complexity index is 1130. The molecule has 3 aromatic rings. The predicted octanol–water partition coefficient (Wildman–Crippen LogP) is 3.59. The number of halogens is 1. The average Bonchev–Trinajstić information content (AvgIpc) is 2.76. The number of nitrogens with zero attached hydrogens (tertiary/aromatic N) is 1. The summed E-state index contributed by atoms with van der Waals surface area (Å²) in [5.74, 6) is -0.626. The average molecular weight is 450 g/mol. The van der Waals surface area contributed by atoms with E-state index in [2.05, 4.69) is 0 Å². The summed E-state index contributed by atoms with van der Waals surface area (Å²) < 4.78 is 73.3.